The van der Waals surface area contributed by atoms with E-state index in [4.69, 9.17) is 0 Å². The van der Waals surface area contributed by atoms with Gasteiger partial charge < -0.3 is 10.2 Å². The molecule has 0 radical (unpaired) electrons. The van der Waals surface area contributed by atoms with E-state index in [2.05, 4.69) is 28.6 Å². The monoisotopic (exact) mass is 351 g/mol. The van der Waals surface area contributed by atoms with Gasteiger partial charge in [0.2, 0.25) is 11.8 Å². The molecule has 0 saturated heterocycles. The minimum Gasteiger partial charge on any atom is -0.350 e. The summed E-state index contributed by atoms with van der Waals surface area (Å²) in [4.78, 5) is 29.7. The van der Waals surface area contributed by atoms with Gasteiger partial charge >= 0.3 is 0 Å². The van der Waals surface area contributed by atoms with Crippen molar-refractivity contribution in [3.63, 3.8) is 0 Å². The Balaban J connectivity index is 1.93. The second kappa shape index (κ2) is 7.66. The predicted octanol–water partition coefficient (Wildman–Crippen LogP) is 2.43. The number of hydrogen-bond acceptors (Lipinski definition) is 4. The predicted molar refractivity (Wildman–Crippen MR) is 98.2 cm³/mol. The quantitative estimate of drug-likeness (QED) is 0.886. The smallest absolute Gasteiger partial charge is 0.240 e. The molecule has 1 N–H and O–H groups in total. The summed E-state index contributed by atoms with van der Waals surface area (Å²) in [5.74, 6) is -0.125. The molecule has 0 unspecified atom stereocenters. The first-order valence-corrected chi connectivity index (χ1v) is 9.44. The van der Waals surface area contributed by atoms with Gasteiger partial charge in [-0.25, -0.2) is 0 Å². The van der Waals surface area contributed by atoms with Crippen LogP contribution in [-0.4, -0.2) is 53.8 Å². The number of carbonyl (C=O) groups excluding carboxylic acids is 2. The Kier molecular flexibility index (Phi) is 6.04. The Hall–Kier alpha value is -1.40. The van der Waals surface area contributed by atoms with E-state index in [-0.39, 0.29) is 23.9 Å². The van der Waals surface area contributed by atoms with Crippen molar-refractivity contribution in [2.75, 3.05) is 26.7 Å². The van der Waals surface area contributed by atoms with E-state index in [1.54, 1.807) is 7.05 Å². The number of fused-ring (bicyclic) bond motifs is 1. The molecule has 0 spiro atoms. The highest BCUT2D eigenvalue weighted by Gasteiger charge is 2.29. The van der Waals surface area contributed by atoms with Crippen LogP contribution in [0.4, 0.5) is 0 Å². The number of hydrogen-bond donors (Lipinski definition) is 1. The van der Waals surface area contributed by atoms with Crippen molar-refractivity contribution < 1.29 is 9.59 Å². The summed E-state index contributed by atoms with van der Waals surface area (Å²) in [6, 6.07) is 2.49. The fourth-order valence-electron chi connectivity index (χ4n) is 3.17. The molecule has 134 valence electrons. The molecule has 5 nitrogen and oxygen atoms in total. The van der Waals surface area contributed by atoms with Crippen molar-refractivity contribution in [3.05, 3.63) is 21.9 Å². The first kappa shape index (κ1) is 18.9. The summed E-state index contributed by atoms with van der Waals surface area (Å²) < 4.78 is 0. The molecule has 0 aromatic carbocycles. The molecule has 1 aliphatic heterocycles. The molecule has 6 heteroatoms. The van der Waals surface area contributed by atoms with Gasteiger partial charge in [0.1, 0.15) is 0 Å². The Morgan fingerprint density at radius 1 is 1.42 bits per heavy atom. The average molecular weight is 352 g/mol. The molecule has 2 rings (SSSR count). The number of carbonyl (C=O) groups is 2. The Morgan fingerprint density at radius 2 is 2.12 bits per heavy atom. The van der Waals surface area contributed by atoms with Crippen LogP contribution in [0.2, 0.25) is 0 Å². The van der Waals surface area contributed by atoms with Gasteiger partial charge in [0.25, 0.3) is 0 Å². The summed E-state index contributed by atoms with van der Waals surface area (Å²) in [6.07, 6.45) is 2.00. The van der Waals surface area contributed by atoms with Crippen LogP contribution in [0.1, 0.15) is 50.6 Å². The maximum Gasteiger partial charge on any atom is 0.240 e. The lowest BCUT2D eigenvalue weighted by Gasteiger charge is -2.35. The molecule has 1 atom stereocenters. The van der Waals surface area contributed by atoms with Gasteiger partial charge in [-0.1, -0.05) is 6.92 Å². The van der Waals surface area contributed by atoms with Gasteiger partial charge in [-0.3, -0.25) is 14.5 Å². The fourth-order valence-corrected chi connectivity index (χ4v) is 4.10. The number of nitrogens with zero attached hydrogens (tertiary/aromatic N) is 2. The van der Waals surface area contributed by atoms with Gasteiger partial charge in [0.15, 0.2) is 0 Å². The second-order valence-electron chi connectivity index (χ2n) is 7.49. The number of likely N-dealkylation sites (N-methyl/N-ethyl adjacent to an activating group) is 1. The maximum absolute atomic E-state index is 12.5. The number of amides is 2. The number of rotatable bonds is 5. The molecule has 0 bridgehead atoms. The Labute approximate surface area is 149 Å². The van der Waals surface area contributed by atoms with Crippen LogP contribution in [0.15, 0.2) is 11.4 Å². The van der Waals surface area contributed by atoms with Gasteiger partial charge in [-0.2, -0.15) is 0 Å². The molecule has 0 saturated carbocycles. The van der Waals surface area contributed by atoms with Crippen molar-refractivity contribution in [3.8, 4) is 0 Å². The third-order valence-corrected chi connectivity index (χ3v) is 5.25. The minimum atomic E-state index is -0.281. The average Bonchev–Trinajstić information content (AvgIpc) is 2.93. The van der Waals surface area contributed by atoms with E-state index in [1.165, 1.54) is 15.3 Å². The molecule has 24 heavy (non-hydrogen) atoms. The summed E-state index contributed by atoms with van der Waals surface area (Å²) in [5.41, 5.74) is 1.09. The standard InChI is InChI=1S/C18H29N3O2S/c1-6-14-13-8-10-24-15(13)7-9-21(14)12-17(23)20(5)11-16(22)19-18(2,3)4/h8,10,14H,6-7,9,11-12H2,1-5H3,(H,19,22)/t14-/m1/s1. The zero-order valence-electron chi connectivity index (χ0n) is 15.4. The van der Waals surface area contributed by atoms with Crippen LogP contribution in [-0.2, 0) is 16.0 Å². The minimum absolute atomic E-state index is 0.00353. The normalized spacial score (nSPS) is 18.1. The van der Waals surface area contributed by atoms with Crippen molar-refractivity contribution in [2.45, 2.75) is 52.1 Å². The molecule has 0 aliphatic carbocycles. The number of nitrogens with one attached hydrogen (secondary N) is 1. The van der Waals surface area contributed by atoms with Crippen molar-refractivity contribution in [2.24, 2.45) is 0 Å². The number of thiophene rings is 1. The van der Waals surface area contributed by atoms with E-state index in [9.17, 15) is 9.59 Å². The molecule has 0 fully saturated rings. The van der Waals surface area contributed by atoms with Gasteiger partial charge in [0.05, 0.1) is 13.1 Å². The van der Waals surface area contributed by atoms with Crippen LogP contribution < -0.4 is 5.32 Å². The highest BCUT2D eigenvalue weighted by atomic mass is 32.1. The fraction of sp³-hybridized carbons (Fsp3) is 0.667. The zero-order valence-corrected chi connectivity index (χ0v) is 16.2. The Morgan fingerprint density at radius 3 is 2.75 bits per heavy atom. The van der Waals surface area contributed by atoms with E-state index in [0.29, 0.717) is 12.6 Å². The van der Waals surface area contributed by atoms with Crippen LogP contribution >= 0.6 is 11.3 Å². The second-order valence-corrected chi connectivity index (χ2v) is 8.49. The largest absolute Gasteiger partial charge is 0.350 e. The van der Waals surface area contributed by atoms with Crippen LogP contribution in [0.5, 0.6) is 0 Å². The first-order valence-electron chi connectivity index (χ1n) is 8.56. The molecule has 1 aromatic heterocycles. The van der Waals surface area contributed by atoms with E-state index in [1.807, 2.05) is 32.1 Å². The van der Waals surface area contributed by atoms with Crippen molar-refractivity contribution in [1.29, 1.82) is 0 Å². The lowest BCUT2D eigenvalue weighted by atomic mass is 9.98. The van der Waals surface area contributed by atoms with Crippen LogP contribution in [0.3, 0.4) is 0 Å². The molecule has 1 aliphatic rings. The Bertz CT molecular complexity index is 591. The summed E-state index contributed by atoms with van der Waals surface area (Å²) >= 11 is 1.81. The van der Waals surface area contributed by atoms with Gasteiger partial charge in [0, 0.05) is 30.1 Å². The summed E-state index contributed by atoms with van der Waals surface area (Å²) in [6.45, 7) is 9.34. The maximum atomic E-state index is 12.5. The highest BCUT2D eigenvalue weighted by molar-refractivity contribution is 7.10. The molecule has 1 aromatic rings. The lowest BCUT2D eigenvalue weighted by Crippen LogP contribution is -2.48. The molecule has 2 heterocycles. The van der Waals surface area contributed by atoms with E-state index in [0.717, 1.165) is 19.4 Å². The summed E-state index contributed by atoms with van der Waals surface area (Å²) in [5, 5.41) is 5.03. The molecular weight excluding hydrogens is 322 g/mol. The lowest BCUT2D eigenvalue weighted by molar-refractivity contribution is -0.136. The van der Waals surface area contributed by atoms with Crippen molar-refractivity contribution >= 4 is 23.2 Å². The zero-order chi connectivity index (χ0) is 17.9. The topological polar surface area (TPSA) is 52.7 Å². The van der Waals surface area contributed by atoms with E-state index >= 15 is 0 Å². The highest BCUT2D eigenvalue weighted by Crippen LogP contribution is 2.34. The van der Waals surface area contributed by atoms with Crippen molar-refractivity contribution in [1.82, 2.24) is 15.1 Å². The van der Waals surface area contributed by atoms with Gasteiger partial charge in [-0.15, -0.1) is 11.3 Å². The SMILES string of the molecule is CC[C@@H]1c2ccsc2CCN1CC(=O)N(C)CC(=O)NC(C)(C)C. The third-order valence-electron chi connectivity index (χ3n) is 4.25. The van der Waals surface area contributed by atoms with Crippen LogP contribution in [0, 0.1) is 0 Å². The van der Waals surface area contributed by atoms with Gasteiger partial charge in [-0.05, 0) is 50.6 Å². The van der Waals surface area contributed by atoms with E-state index < -0.39 is 0 Å². The molecular formula is C18H29N3O2S. The third kappa shape index (κ3) is 4.80. The first-order chi connectivity index (χ1) is 11.2. The van der Waals surface area contributed by atoms with Crippen LogP contribution in [0.25, 0.3) is 0 Å². The molecule has 2 amide bonds. The summed E-state index contributed by atoms with van der Waals surface area (Å²) in [7, 11) is 1.70.